The van der Waals surface area contributed by atoms with Gasteiger partial charge in [-0.2, -0.15) is 0 Å². The van der Waals surface area contributed by atoms with Gasteiger partial charge < -0.3 is 10.1 Å². The first-order valence-corrected chi connectivity index (χ1v) is 8.94. The van der Waals surface area contributed by atoms with Gasteiger partial charge in [0.1, 0.15) is 5.75 Å². The summed E-state index contributed by atoms with van der Waals surface area (Å²) in [5, 5.41) is 3.15. The van der Waals surface area contributed by atoms with Crippen molar-refractivity contribution in [2.75, 3.05) is 13.1 Å². The second kappa shape index (κ2) is 8.17. The SMILES string of the molecule is CC(C)Oc1ccc(C(=O)NC2CCN(Cc3ccccc3)C2)cc1. The number of likely N-dealkylation sites (tertiary alicyclic amines) is 1. The maximum Gasteiger partial charge on any atom is 0.251 e. The van der Waals surface area contributed by atoms with E-state index in [1.165, 1.54) is 5.56 Å². The van der Waals surface area contributed by atoms with Gasteiger partial charge in [0.15, 0.2) is 0 Å². The molecule has 4 nitrogen and oxygen atoms in total. The van der Waals surface area contributed by atoms with Crippen LogP contribution in [0.5, 0.6) is 5.75 Å². The first kappa shape index (κ1) is 17.5. The van der Waals surface area contributed by atoms with Crippen molar-refractivity contribution in [3.05, 3.63) is 65.7 Å². The van der Waals surface area contributed by atoms with Crippen molar-refractivity contribution in [3.63, 3.8) is 0 Å². The Hall–Kier alpha value is -2.33. The average Bonchev–Trinajstić information content (AvgIpc) is 3.02. The van der Waals surface area contributed by atoms with Crippen molar-refractivity contribution >= 4 is 5.91 Å². The number of amides is 1. The molecule has 0 spiro atoms. The van der Waals surface area contributed by atoms with E-state index in [9.17, 15) is 4.79 Å². The summed E-state index contributed by atoms with van der Waals surface area (Å²) in [5.74, 6) is 0.782. The van der Waals surface area contributed by atoms with Gasteiger partial charge in [-0.25, -0.2) is 0 Å². The lowest BCUT2D eigenvalue weighted by Crippen LogP contribution is -2.36. The summed E-state index contributed by atoms with van der Waals surface area (Å²) in [6, 6.07) is 18.0. The molecule has 4 heteroatoms. The summed E-state index contributed by atoms with van der Waals surface area (Å²) >= 11 is 0. The smallest absolute Gasteiger partial charge is 0.251 e. The number of hydrogen-bond acceptors (Lipinski definition) is 3. The third-order valence-electron chi connectivity index (χ3n) is 4.34. The van der Waals surface area contributed by atoms with Crippen LogP contribution >= 0.6 is 0 Å². The number of ether oxygens (including phenoxy) is 1. The van der Waals surface area contributed by atoms with Crippen molar-refractivity contribution in [2.24, 2.45) is 0 Å². The summed E-state index contributed by atoms with van der Waals surface area (Å²) in [7, 11) is 0. The Bertz CT molecular complexity index is 683. The Labute approximate surface area is 149 Å². The fourth-order valence-electron chi connectivity index (χ4n) is 3.16. The van der Waals surface area contributed by atoms with E-state index in [0.29, 0.717) is 5.56 Å². The molecule has 3 rings (SSSR count). The molecule has 0 bridgehead atoms. The van der Waals surface area contributed by atoms with Gasteiger partial charge in [-0.1, -0.05) is 30.3 Å². The summed E-state index contributed by atoms with van der Waals surface area (Å²) < 4.78 is 5.61. The number of carbonyl (C=O) groups excluding carboxylic acids is 1. The molecule has 2 aromatic carbocycles. The minimum Gasteiger partial charge on any atom is -0.491 e. The zero-order valence-corrected chi connectivity index (χ0v) is 14.9. The van der Waals surface area contributed by atoms with Crippen molar-refractivity contribution in [1.82, 2.24) is 10.2 Å². The molecular weight excluding hydrogens is 312 g/mol. The highest BCUT2D eigenvalue weighted by Crippen LogP contribution is 2.16. The third-order valence-corrected chi connectivity index (χ3v) is 4.34. The van der Waals surface area contributed by atoms with Crippen LogP contribution in [0.3, 0.4) is 0 Å². The molecule has 2 aromatic rings. The second-order valence-corrected chi connectivity index (χ2v) is 6.87. The summed E-state index contributed by atoms with van der Waals surface area (Å²) in [6.45, 7) is 6.83. The maximum absolute atomic E-state index is 12.4. The van der Waals surface area contributed by atoms with Crippen LogP contribution in [0.2, 0.25) is 0 Å². The number of nitrogens with zero attached hydrogens (tertiary/aromatic N) is 1. The molecule has 1 atom stereocenters. The Morgan fingerprint density at radius 2 is 1.88 bits per heavy atom. The predicted molar refractivity (Wildman–Crippen MR) is 99.8 cm³/mol. The quantitative estimate of drug-likeness (QED) is 0.877. The number of benzene rings is 2. The van der Waals surface area contributed by atoms with Crippen molar-refractivity contribution in [1.29, 1.82) is 0 Å². The van der Waals surface area contributed by atoms with E-state index < -0.39 is 0 Å². The predicted octanol–water partition coefficient (Wildman–Crippen LogP) is 3.48. The van der Waals surface area contributed by atoms with E-state index in [1.807, 2.05) is 44.2 Å². The van der Waals surface area contributed by atoms with Gasteiger partial charge in [0, 0.05) is 31.2 Å². The molecule has 1 fully saturated rings. The fourth-order valence-corrected chi connectivity index (χ4v) is 3.16. The highest BCUT2D eigenvalue weighted by molar-refractivity contribution is 5.94. The van der Waals surface area contributed by atoms with Crippen LogP contribution in [0.25, 0.3) is 0 Å². The van der Waals surface area contributed by atoms with Gasteiger partial charge in [-0.3, -0.25) is 9.69 Å². The molecular formula is C21H26N2O2. The van der Waals surface area contributed by atoms with Gasteiger partial charge in [-0.15, -0.1) is 0 Å². The van der Waals surface area contributed by atoms with Crippen molar-refractivity contribution in [3.8, 4) is 5.75 Å². The van der Waals surface area contributed by atoms with E-state index in [0.717, 1.165) is 31.8 Å². The Kier molecular flexibility index (Phi) is 5.71. The van der Waals surface area contributed by atoms with E-state index >= 15 is 0 Å². The van der Waals surface area contributed by atoms with Crippen molar-refractivity contribution < 1.29 is 9.53 Å². The van der Waals surface area contributed by atoms with Crippen LogP contribution < -0.4 is 10.1 Å². The second-order valence-electron chi connectivity index (χ2n) is 6.87. The number of rotatable bonds is 6. The summed E-state index contributed by atoms with van der Waals surface area (Å²) in [5.41, 5.74) is 1.99. The van der Waals surface area contributed by atoms with Gasteiger partial charge in [0.25, 0.3) is 5.91 Å². The van der Waals surface area contributed by atoms with Crippen LogP contribution in [0.4, 0.5) is 0 Å². The molecule has 1 amide bonds. The Balaban J connectivity index is 1.50. The van der Waals surface area contributed by atoms with Crippen LogP contribution in [-0.2, 0) is 6.54 Å². The molecule has 132 valence electrons. The van der Waals surface area contributed by atoms with Gasteiger partial charge in [0.05, 0.1) is 6.10 Å². The van der Waals surface area contributed by atoms with E-state index in [-0.39, 0.29) is 18.1 Å². The molecule has 0 aliphatic carbocycles. The first-order valence-electron chi connectivity index (χ1n) is 8.94. The molecule has 25 heavy (non-hydrogen) atoms. The Morgan fingerprint density at radius 3 is 2.56 bits per heavy atom. The van der Waals surface area contributed by atoms with Crippen LogP contribution in [0.15, 0.2) is 54.6 Å². The lowest BCUT2D eigenvalue weighted by atomic mass is 10.2. The largest absolute Gasteiger partial charge is 0.491 e. The average molecular weight is 338 g/mol. The summed E-state index contributed by atoms with van der Waals surface area (Å²) in [6.07, 6.45) is 1.13. The van der Waals surface area contributed by atoms with Crippen LogP contribution in [0, 0.1) is 0 Å². The first-order chi connectivity index (χ1) is 12.1. The third kappa shape index (κ3) is 5.07. The van der Waals surface area contributed by atoms with Gasteiger partial charge in [-0.05, 0) is 50.1 Å². The highest BCUT2D eigenvalue weighted by atomic mass is 16.5. The molecule has 1 aliphatic heterocycles. The Morgan fingerprint density at radius 1 is 1.16 bits per heavy atom. The zero-order valence-electron chi connectivity index (χ0n) is 14.9. The fraction of sp³-hybridized carbons (Fsp3) is 0.381. The lowest BCUT2D eigenvalue weighted by molar-refractivity contribution is 0.0937. The number of hydrogen-bond donors (Lipinski definition) is 1. The highest BCUT2D eigenvalue weighted by Gasteiger charge is 2.24. The maximum atomic E-state index is 12.4. The topological polar surface area (TPSA) is 41.6 Å². The number of nitrogens with one attached hydrogen (secondary N) is 1. The monoisotopic (exact) mass is 338 g/mol. The zero-order chi connectivity index (χ0) is 17.6. The minimum absolute atomic E-state index is 0.0114. The molecule has 1 unspecified atom stereocenters. The molecule has 1 heterocycles. The van der Waals surface area contributed by atoms with Crippen LogP contribution in [0.1, 0.15) is 36.2 Å². The standard InChI is InChI=1S/C21H26N2O2/c1-16(2)25-20-10-8-18(9-11-20)21(24)22-19-12-13-23(15-19)14-17-6-4-3-5-7-17/h3-11,16,19H,12-15H2,1-2H3,(H,22,24). The van der Waals surface area contributed by atoms with Gasteiger partial charge in [0.2, 0.25) is 0 Å². The lowest BCUT2D eigenvalue weighted by Gasteiger charge is -2.17. The molecule has 0 saturated carbocycles. The normalized spacial score (nSPS) is 17.6. The molecule has 1 aliphatic rings. The van der Waals surface area contributed by atoms with Gasteiger partial charge >= 0.3 is 0 Å². The minimum atomic E-state index is -0.0114. The summed E-state index contributed by atoms with van der Waals surface area (Å²) in [4.78, 5) is 14.8. The van der Waals surface area contributed by atoms with Crippen LogP contribution in [-0.4, -0.2) is 36.0 Å². The molecule has 0 aromatic heterocycles. The molecule has 1 N–H and O–H groups in total. The van der Waals surface area contributed by atoms with E-state index in [4.69, 9.17) is 4.74 Å². The van der Waals surface area contributed by atoms with E-state index in [2.05, 4.69) is 34.5 Å². The molecule has 1 saturated heterocycles. The molecule has 0 radical (unpaired) electrons. The van der Waals surface area contributed by atoms with Crippen molar-refractivity contribution in [2.45, 2.75) is 39.0 Å². The van der Waals surface area contributed by atoms with E-state index in [1.54, 1.807) is 0 Å². The number of carbonyl (C=O) groups is 1.